The van der Waals surface area contributed by atoms with E-state index in [1.807, 2.05) is 6.07 Å². The van der Waals surface area contributed by atoms with E-state index in [-0.39, 0.29) is 10.6 Å². The van der Waals surface area contributed by atoms with Gasteiger partial charge in [-0.05, 0) is 25.1 Å². The molecule has 1 aliphatic heterocycles. The second-order valence-electron chi connectivity index (χ2n) is 3.63. The molecule has 0 unspecified atom stereocenters. The molecule has 0 aliphatic carbocycles. The fraction of sp³-hybridized carbons (Fsp3) is 0.400. The lowest BCUT2D eigenvalue weighted by Gasteiger charge is -2.10. The molecule has 0 aromatic carbocycles. The van der Waals surface area contributed by atoms with Crippen LogP contribution in [0.5, 0.6) is 0 Å². The minimum absolute atomic E-state index is 0.0915. The van der Waals surface area contributed by atoms with Crippen molar-refractivity contribution in [2.24, 2.45) is 0 Å². The Morgan fingerprint density at radius 1 is 1.56 bits per heavy atom. The van der Waals surface area contributed by atoms with Crippen molar-refractivity contribution in [3.8, 4) is 6.07 Å². The van der Waals surface area contributed by atoms with Gasteiger partial charge in [0.2, 0.25) is 9.84 Å². The van der Waals surface area contributed by atoms with Gasteiger partial charge < -0.3 is 5.32 Å². The maximum absolute atomic E-state index is 12.2. The molecular weight excluding hydrogens is 226 g/mol. The summed E-state index contributed by atoms with van der Waals surface area (Å²) in [7, 11) is -3.48. The van der Waals surface area contributed by atoms with Crippen LogP contribution in [0.2, 0.25) is 0 Å². The predicted molar refractivity (Wildman–Crippen MR) is 57.4 cm³/mol. The number of pyridine rings is 1. The largest absolute Gasteiger partial charge is 0.315 e. The molecule has 0 bridgehead atoms. The van der Waals surface area contributed by atoms with E-state index in [0.717, 1.165) is 0 Å². The summed E-state index contributed by atoms with van der Waals surface area (Å²) in [6.45, 7) is 1.13. The topological polar surface area (TPSA) is 82.8 Å². The standard InChI is InChI=1S/C10H11N3O2S/c11-6-8-2-1-4-13-10(8)16(14,15)9-3-5-12-7-9/h1-2,4,9,12H,3,5,7H2/t9-/m1/s1. The smallest absolute Gasteiger partial charge is 0.201 e. The van der Waals surface area contributed by atoms with E-state index in [9.17, 15) is 8.42 Å². The molecule has 0 radical (unpaired) electrons. The van der Waals surface area contributed by atoms with Crippen LogP contribution in [0.4, 0.5) is 0 Å². The third kappa shape index (κ3) is 1.79. The minimum atomic E-state index is -3.48. The van der Waals surface area contributed by atoms with Crippen molar-refractivity contribution in [1.82, 2.24) is 10.3 Å². The highest BCUT2D eigenvalue weighted by atomic mass is 32.2. The van der Waals surface area contributed by atoms with Crippen molar-refractivity contribution < 1.29 is 8.42 Å². The van der Waals surface area contributed by atoms with Crippen LogP contribution in [0.1, 0.15) is 12.0 Å². The highest BCUT2D eigenvalue weighted by Crippen LogP contribution is 2.21. The van der Waals surface area contributed by atoms with Crippen LogP contribution in [0.15, 0.2) is 23.4 Å². The second-order valence-corrected chi connectivity index (χ2v) is 5.77. The average molecular weight is 237 g/mol. The van der Waals surface area contributed by atoms with E-state index in [2.05, 4.69) is 10.3 Å². The molecule has 1 aliphatic rings. The third-order valence-electron chi connectivity index (χ3n) is 2.62. The van der Waals surface area contributed by atoms with Gasteiger partial charge in [-0.3, -0.25) is 0 Å². The number of aromatic nitrogens is 1. The Kier molecular flexibility index (Phi) is 2.90. The Labute approximate surface area is 94.0 Å². The summed E-state index contributed by atoms with van der Waals surface area (Å²) in [5, 5.41) is 11.3. The molecule has 1 aromatic rings. The first-order valence-electron chi connectivity index (χ1n) is 4.96. The Bertz CT molecular complexity index is 527. The molecule has 2 heterocycles. The first kappa shape index (κ1) is 11.0. The number of rotatable bonds is 2. The quantitative estimate of drug-likeness (QED) is 0.788. The summed E-state index contributed by atoms with van der Waals surface area (Å²) in [6, 6.07) is 4.90. The normalized spacial score (nSPS) is 20.6. The zero-order valence-corrected chi connectivity index (χ0v) is 9.37. The zero-order valence-electron chi connectivity index (χ0n) is 8.55. The number of sulfone groups is 1. The van der Waals surface area contributed by atoms with Crippen LogP contribution < -0.4 is 5.32 Å². The summed E-state index contributed by atoms with van der Waals surface area (Å²) < 4.78 is 24.3. The van der Waals surface area contributed by atoms with Gasteiger partial charge in [0, 0.05) is 12.7 Å². The van der Waals surface area contributed by atoms with Gasteiger partial charge in [-0.1, -0.05) is 0 Å². The lowest BCUT2D eigenvalue weighted by atomic mass is 10.3. The Morgan fingerprint density at radius 3 is 3.00 bits per heavy atom. The molecule has 0 spiro atoms. The van der Waals surface area contributed by atoms with Gasteiger partial charge >= 0.3 is 0 Å². The van der Waals surface area contributed by atoms with Crippen LogP contribution in [-0.4, -0.2) is 31.7 Å². The fourth-order valence-electron chi connectivity index (χ4n) is 1.75. The molecule has 0 amide bonds. The van der Waals surface area contributed by atoms with E-state index >= 15 is 0 Å². The maximum atomic E-state index is 12.2. The fourth-order valence-corrected chi connectivity index (χ4v) is 3.46. The predicted octanol–water partition coefficient (Wildman–Crippen LogP) is 0.0889. The van der Waals surface area contributed by atoms with Gasteiger partial charge in [0.25, 0.3) is 0 Å². The average Bonchev–Trinajstić information content (AvgIpc) is 2.83. The molecule has 1 saturated heterocycles. The molecule has 5 nitrogen and oxygen atoms in total. The molecule has 2 rings (SSSR count). The summed E-state index contributed by atoms with van der Waals surface area (Å²) in [5.41, 5.74) is 0.120. The molecule has 16 heavy (non-hydrogen) atoms. The monoisotopic (exact) mass is 237 g/mol. The van der Waals surface area contributed by atoms with Crippen molar-refractivity contribution in [2.75, 3.05) is 13.1 Å². The molecule has 1 fully saturated rings. The Morgan fingerprint density at radius 2 is 2.38 bits per heavy atom. The summed E-state index contributed by atoms with van der Waals surface area (Å²) in [5.74, 6) is 0. The maximum Gasteiger partial charge on any atom is 0.201 e. The summed E-state index contributed by atoms with van der Waals surface area (Å²) >= 11 is 0. The zero-order chi connectivity index (χ0) is 11.6. The molecule has 1 aromatic heterocycles. The highest BCUT2D eigenvalue weighted by Gasteiger charge is 2.32. The third-order valence-corrected chi connectivity index (χ3v) is 4.76. The number of nitriles is 1. The second kappa shape index (κ2) is 4.20. The molecule has 1 N–H and O–H groups in total. The minimum Gasteiger partial charge on any atom is -0.315 e. The van der Waals surface area contributed by atoms with Crippen molar-refractivity contribution in [3.05, 3.63) is 23.9 Å². The van der Waals surface area contributed by atoms with Crippen molar-refractivity contribution in [3.63, 3.8) is 0 Å². The first-order chi connectivity index (χ1) is 7.66. The van der Waals surface area contributed by atoms with Crippen molar-refractivity contribution in [2.45, 2.75) is 16.7 Å². The Hall–Kier alpha value is -1.45. The SMILES string of the molecule is N#Cc1cccnc1S(=O)(=O)[C@@H]1CCNC1. The van der Waals surface area contributed by atoms with Gasteiger partial charge in [-0.25, -0.2) is 13.4 Å². The van der Waals surface area contributed by atoms with Crippen molar-refractivity contribution in [1.29, 1.82) is 5.26 Å². The van der Waals surface area contributed by atoms with E-state index in [1.165, 1.54) is 12.3 Å². The summed E-state index contributed by atoms with van der Waals surface area (Å²) in [4.78, 5) is 3.83. The summed E-state index contributed by atoms with van der Waals surface area (Å²) in [6.07, 6.45) is 1.97. The van der Waals surface area contributed by atoms with E-state index < -0.39 is 15.1 Å². The lowest BCUT2D eigenvalue weighted by molar-refractivity contribution is 0.578. The number of nitrogens with one attached hydrogen (secondary N) is 1. The molecule has 84 valence electrons. The van der Waals surface area contributed by atoms with Crippen molar-refractivity contribution >= 4 is 9.84 Å². The van der Waals surface area contributed by atoms with Crippen LogP contribution in [0.3, 0.4) is 0 Å². The van der Waals surface area contributed by atoms with Crippen LogP contribution in [-0.2, 0) is 9.84 Å². The van der Waals surface area contributed by atoms with Crippen LogP contribution in [0, 0.1) is 11.3 Å². The molecule has 6 heteroatoms. The van der Waals surface area contributed by atoms with Gasteiger partial charge in [0.05, 0.1) is 10.8 Å². The van der Waals surface area contributed by atoms with Crippen LogP contribution >= 0.6 is 0 Å². The van der Waals surface area contributed by atoms with Gasteiger partial charge in [0.15, 0.2) is 5.03 Å². The number of hydrogen-bond acceptors (Lipinski definition) is 5. The van der Waals surface area contributed by atoms with E-state index in [1.54, 1.807) is 6.07 Å². The molecular formula is C10H11N3O2S. The molecule has 0 saturated carbocycles. The lowest BCUT2D eigenvalue weighted by Crippen LogP contribution is -2.25. The number of hydrogen-bond donors (Lipinski definition) is 1. The number of nitrogens with zero attached hydrogens (tertiary/aromatic N) is 2. The highest BCUT2D eigenvalue weighted by molar-refractivity contribution is 7.92. The van der Waals surface area contributed by atoms with Crippen LogP contribution in [0.25, 0.3) is 0 Å². The van der Waals surface area contributed by atoms with E-state index in [4.69, 9.17) is 5.26 Å². The van der Waals surface area contributed by atoms with Gasteiger partial charge in [-0.15, -0.1) is 0 Å². The van der Waals surface area contributed by atoms with Gasteiger partial charge in [0.1, 0.15) is 6.07 Å². The van der Waals surface area contributed by atoms with Gasteiger partial charge in [-0.2, -0.15) is 5.26 Å². The first-order valence-corrected chi connectivity index (χ1v) is 6.50. The molecule has 1 atom stereocenters. The Balaban J connectivity index is 2.47. The van der Waals surface area contributed by atoms with E-state index in [0.29, 0.717) is 19.5 Å².